The molecule has 1 aromatic heterocycles. The maximum Gasteiger partial charge on any atom is 0.0971 e. The minimum atomic E-state index is -0.337. The van der Waals surface area contributed by atoms with Crippen molar-refractivity contribution in [2.24, 2.45) is 0 Å². The minimum Gasteiger partial charge on any atom is -0.259 e. The van der Waals surface area contributed by atoms with Crippen molar-refractivity contribution in [2.45, 2.75) is 25.2 Å². The highest BCUT2D eigenvalue weighted by Crippen LogP contribution is 2.35. The smallest absolute Gasteiger partial charge is 0.0971 e. The highest BCUT2D eigenvalue weighted by atomic mass is 14.7. The molecule has 0 radical (unpaired) electrons. The molecule has 1 aliphatic carbocycles. The van der Waals surface area contributed by atoms with Crippen LogP contribution >= 0.6 is 0 Å². The van der Waals surface area contributed by atoms with Crippen molar-refractivity contribution in [3.05, 3.63) is 29.6 Å². The number of fused-ring (bicyclic) bond motifs is 1. The lowest BCUT2D eigenvalue weighted by Crippen LogP contribution is -2.16. The summed E-state index contributed by atoms with van der Waals surface area (Å²) >= 11 is 0. The van der Waals surface area contributed by atoms with Gasteiger partial charge in [0.25, 0.3) is 0 Å². The Bertz CT molecular complexity index is 351. The van der Waals surface area contributed by atoms with Crippen LogP contribution in [0, 0.1) is 11.3 Å². The van der Waals surface area contributed by atoms with Gasteiger partial charge in [0.2, 0.25) is 0 Å². The lowest BCUT2D eigenvalue weighted by Gasteiger charge is -2.12. The van der Waals surface area contributed by atoms with E-state index in [4.69, 9.17) is 5.26 Å². The summed E-state index contributed by atoms with van der Waals surface area (Å²) in [5.74, 6) is 0. The van der Waals surface area contributed by atoms with E-state index >= 15 is 0 Å². The minimum absolute atomic E-state index is 0.337. The molecule has 0 bridgehead atoms. The summed E-state index contributed by atoms with van der Waals surface area (Å²) in [6.45, 7) is 1.96. The van der Waals surface area contributed by atoms with Gasteiger partial charge in [-0.1, -0.05) is 6.07 Å². The monoisotopic (exact) mass is 158 g/mol. The lowest BCUT2D eigenvalue weighted by molar-refractivity contribution is 0.589. The van der Waals surface area contributed by atoms with E-state index < -0.39 is 0 Å². The number of aryl methyl sites for hydroxylation is 1. The van der Waals surface area contributed by atoms with Crippen molar-refractivity contribution in [2.75, 3.05) is 0 Å². The third kappa shape index (κ3) is 0.831. The first kappa shape index (κ1) is 7.30. The van der Waals surface area contributed by atoms with E-state index in [0.717, 1.165) is 18.5 Å². The van der Waals surface area contributed by atoms with Gasteiger partial charge < -0.3 is 0 Å². The molecule has 0 saturated heterocycles. The van der Waals surface area contributed by atoms with Crippen LogP contribution in [0.15, 0.2) is 18.3 Å². The molecule has 0 aromatic carbocycles. The van der Waals surface area contributed by atoms with E-state index in [-0.39, 0.29) is 5.41 Å². The number of hydrogen-bond acceptors (Lipinski definition) is 2. The molecule has 1 aliphatic rings. The summed E-state index contributed by atoms with van der Waals surface area (Å²) in [5, 5.41) is 8.98. The Kier molecular flexibility index (Phi) is 1.41. The molecule has 1 heterocycles. The highest BCUT2D eigenvalue weighted by Gasteiger charge is 2.35. The van der Waals surface area contributed by atoms with Gasteiger partial charge in [0.1, 0.15) is 0 Å². The van der Waals surface area contributed by atoms with Crippen LogP contribution in [0.5, 0.6) is 0 Å². The third-order valence-electron chi connectivity index (χ3n) is 2.56. The number of aromatic nitrogens is 1. The zero-order valence-electron chi connectivity index (χ0n) is 7.04. The molecular formula is C10H10N2. The van der Waals surface area contributed by atoms with Crippen LogP contribution in [0.3, 0.4) is 0 Å². The maximum absolute atomic E-state index is 8.98. The van der Waals surface area contributed by atoms with Gasteiger partial charge in [-0.15, -0.1) is 0 Å². The summed E-state index contributed by atoms with van der Waals surface area (Å²) in [5.41, 5.74) is 1.88. The molecule has 0 aliphatic heterocycles. The molecule has 2 nitrogen and oxygen atoms in total. The first-order chi connectivity index (χ1) is 5.76. The lowest BCUT2D eigenvalue weighted by atomic mass is 9.90. The van der Waals surface area contributed by atoms with E-state index in [9.17, 15) is 0 Å². The molecule has 1 atom stereocenters. The molecule has 2 rings (SSSR count). The van der Waals surface area contributed by atoms with E-state index in [0.29, 0.717) is 0 Å². The Labute approximate surface area is 71.9 Å². The van der Waals surface area contributed by atoms with E-state index in [1.807, 2.05) is 13.0 Å². The van der Waals surface area contributed by atoms with Crippen molar-refractivity contribution in [1.29, 1.82) is 5.26 Å². The predicted octanol–water partition coefficient (Wildman–Crippen LogP) is 1.81. The average Bonchev–Trinajstić information content (AvgIpc) is 2.46. The summed E-state index contributed by atoms with van der Waals surface area (Å²) in [7, 11) is 0. The Morgan fingerprint density at radius 1 is 1.67 bits per heavy atom. The van der Waals surface area contributed by atoms with Gasteiger partial charge >= 0.3 is 0 Å². The van der Waals surface area contributed by atoms with E-state index in [2.05, 4.69) is 17.1 Å². The molecule has 0 fully saturated rings. The van der Waals surface area contributed by atoms with Crippen LogP contribution in [-0.2, 0) is 11.8 Å². The van der Waals surface area contributed by atoms with Crippen LogP contribution in [0.4, 0.5) is 0 Å². The molecule has 0 N–H and O–H groups in total. The van der Waals surface area contributed by atoms with Gasteiger partial charge in [0.15, 0.2) is 0 Å². The second-order valence-electron chi connectivity index (χ2n) is 3.46. The summed E-state index contributed by atoms with van der Waals surface area (Å²) in [6, 6.07) is 6.33. The molecule has 12 heavy (non-hydrogen) atoms. The van der Waals surface area contributed by atoms with Gasteiger partial charge in [-0.3, -0.25) is 4.98 Å². The number of nitrogens with zero attached hydrogens (tertiary/aromatic N) is 2. The van der Waals surface area contributed by atoms with Crippen molar-refractivity contribution >= 4 is 0 Å². The SMILES string of the molecule is CC1(C#N)CCc2cccnc21. The maximum atomic E-state index is 8.98. The third-order valence-corrected chi connectivity index (χ3v) is 2.56. The van der Waals surface area contributed by atoms with Crippen LogP contribution in [-0.4, -0.2) is 4.98 Å². The largest absolute Gasteiger partial charge is 0.259 e. The first-order valence-electron chi connectivity index (χ1n) is 4.12. The number of pyridine rings is 1. The second-order valence-corrected chi connectivity index (χ2v) is 3.46. The summed E-state index contributed by atoms with van der Waals surface area (Å²) in [4.78, 5) is 4.26. The Morgan fingerprint density at radius 3 is 3.25 bits per heavy atom. The average molecular weight is 158 g/mol. The highest BCUT2D eigenvalue weighted by molar-refractivity contribution is 5.37. The number of rotatable bonds is 0. The normalized spacial score (nSPS) is 26.3. The van der Waals surface area contributed by atoms with Crippen LogP contribution in [0.25, 0.3) is 0 Å². The fourth-order valence-corrected chi connectivity index (χ4v) is 1.75. The quantitative estimate of drug-likeness (QED) is 0.577. The van der Waals surface area contributed by atoms with E-state index in [1.54, 1.807) is 6.20 Å². The van der Waals surface area contributed by atoms with Crippen LogP contribution in [0.2, 0.25) is 0 Å². The molecule has 1 aromatic rings. The zero-order valence-corrected chi connectivity index (χ0v) is 7.04. The molecule has 0 amide bonds. The number of hydrogen-bond donors (Lipinski definition) is 0. The number of nitriles is 1. The van der Waals surface area contributed by atoms with Gasteiger partial charge in [0.05, 0.1) is 17.2 Å². The van der Waals surface area contributed by atoms with Gasteiger partial charge in [-0.25, -0.2) is 0 Å². The van der Waals surface area contributed by atoms with Gasteiger partial charge in [-0.2, -0.15) is 5.26 Å². The van der Waals surface area contributed by atoms with Gasteiger partial charge in [0, 0.05) is 6.20 Å². The topological polar surface area (TPSA) is 36.7 Å². The predicted molar refractivity (Wildman–Crippen MR) is 45.5 cm³/mol. The fraction of sp³-hybridized carbons (Fsp3) is 0.400. The Hall–Kier alpha value is -1.36. The standard InChI is InChI=1S/C10H10N2/c1-10(7-11)5-4-8-3-2-6-12-9(8)10/h2-3,6H,4-5H2,1H3. The second kappa shape index (κ2) is 2.31. The molecule has 2 heteroatoms. The molecule has 0 saturated carbocycles. The summed E-state index contributed by atoms with van der Waals surface area (Å²) < 4.78 is 0. The molecule has 0 spiro atoms. The Balaban J connectivity index is 2.58. The molecule has 60 valence electrons. The van der Waals surface area contributed by atoms with Crippen molar-refractivity contribution in [3.63, 3.8) is 0 Å². The van der Waals surface area contributed by atoms with Gasteiger partial charge in [-0.05, 0) is 31.4 Å². The molecular weight excluding hydrogens is 148 g/mol. The van der Waals surface area contributed by atoms with E-state index in [1.165, 1.54) is 5.56 Å². The fourth-order valence-electron chi connectivity index (χ4n) is 1.75. The van der Waals surface area contributed by atoms with Crippen molar-refractivity contribution in [3.8, 4) is 6.07 Å². The summed E-state index contributed by atoms with van der Waals surface area (Å²) in [6.07, 6.45) is 3.67. The Morgan fingerprint density at radius 2 is 2.50 bits per heavy atom. The first-order valence-corrected chi connectivity index (χ1v) is 4.12. The van der Waals surface area contributed by atoms with Crippen LogP contribution < -0.4 is 0 Å². The zero-order chi connectivity index (χ0) is 8.60. The van der Waals surface area contributed by atoms with Crippen molar-refractivity contribution < 1.29 is 0 Å². The molecule has 1 unspecified atom stereocenters. The van der Waals surface area contributed by atoms with Crippen LogP contribution in [0.1, 0.15) is 24.6 Å². The van der Waals surface area contributed by atoms with Crippen molar-refractivity contribution in [1.82, 2.24) is 4.98 Å².